The fourth-order valence-corrected chi connectivity index (χ4v) is 9.12. The lowest BCUT2D eigenvalue weighted by Crippen LogP contribution is -2.62. The van der Waals surface area contributed by atoms with Gasteiger partial charge in [-0.05, 0) is 115 Å². The molecule has 1 aromatic rings. The van der Waals surface area contributed by atoms with E-state index in [2.05, 4.69) is 72.3 Å². The smallest absolute Gasteiger partial charge is 0.245 e. The molecule has 1 aliphatic heterocycles. The molecule has 0 spiro atoms. The molecule has 13 atom stereocenters. The molecule has 4 unspecified atom stereocenters. The standard InChI is InChI=1S/C56H98N16O13/c1-7-32(4)13-11-12-16-44(75)63-36(17-23-57)51(80)72-46(34(6)74)56(85)68-39(20-26-60)48(77)67-41-22-28-62-55(84)45(33(5)73)71-52(81)40(21-27-61)65-47(76)37(18-24-58)66-53(82)42(29-31(2)3)69-54(83)43(30-35-14-9-8-10-15-35)70-49(78)38(19-25-59)64-50(41)79/h8-10,14-15,31-34,36-43,45-46,73-74H,7,11-13,16-30,57-61H2,1-6H3,(H,62,84)(H,63,75)(H,64,79)(H,65,76)(H,66,82)(H,67,77)(H,68,85)(H,69,83)(H,70,78)(H,71,81)(H,72,80)/t32?,33-,34-,36+,37+,38?,39+,40+,41?,42+,43-,45?,46+/m1/s1. The van der Waals surface area contributed by atoms with Gasteiger partial charge < -0.3 is 97.4 Å². The number of unbranched alkanes of at least 4 members (excludes halogenated alkanes) is 1. The molecule has 0 radical (unpaired) electrons. The Bertz CT molecular complexity index is 2320. The van der Waals surface area contributed by atoms with Crippen LogP contribution in [0.4, 0.5) is 0 Å². The Kier molecular flexibility index (Phi) is 34.6. The summed E-state index contributed by atoms with van der Waals surface area (Å²) in [6, 6.07) is -6.23. The second kappa shape index (κ2) is 39.7. The van der Waals surface area contributed by atoms with Gasteiger partial charge in [-0.25, -0.2) is 0 Å². The molecule has 29 nitrogen and oxygen atoms in total. The van der Waals surface area contributed by atoms with Crippen molar-refractivity contribution in [3.63, 3.8) is 0 Å². The van der Waals surface area contributed by atoms with Crippen LogP contribution in [0, 0.1) is 11.8 Å². The van der Waals surface area contributed by atoms with Crippen LogP contribution in [-0.2, 0) is 59.2 Å². The number of nitrogens with one attached hydrogen (secondary N) is 11. The number of carbonyl (C=O) groups is 11. The van der Waals surface area contributed by atoms with Crippen molar-refractivity contribution in [1.29, 1.82) is 0 Å². The van der Waals surface area contributed by atoms with Gasteiger partial charge in [-0.15, -0.1) is 0 Å². The number of rotatable bonds is 29. The first-order valence-electron chi connectivity index (χ1n) is 29.5. The van der Waals surface area contributed by atoms with Gasteiger partial charge >= 0.3 is 0 Å². The lowest BCUT2D eigenvalue weighted by atomic mass is 10.00. The molecule has 1 fully saturated rings. The van der Waals surface area contributed by atoms with Gasteiger partial charge in [0.1, 0.15) is 60.4 Å². The average molecular weight is 1200 g/mol. The van der Waals surface area contributed by atoms with E-state index in [1.165, 1.54) is 13.8 Å². The van der Waals surface area contributed by atoms with Crippen LogP contribution in [0.15, 0.2) is 30.3 Å². The minimum atomic E-state index is -1.70. The first-order chi connectivity index (χ1) is 40.3. The van der Waals surface area contributed by atoms with Crippen molar-refractivity contribution in [2.45, 2.75) is 198 Å². The highest BCUT2D eigenvalue weighted by Crippen LogP contribution is 2.14. The van der Waals surface area contributed by atoms with Crippen LogP contribution in [0.1, 0.15) is 124 Å². The number of aliphatic hydroxyl groups excluding tert-OH is 2. The molecular weight excluding hydrogens is 1100 g/mol. The van der Waals surface area contributed by atoms with E-state index in [0.29, 0.717) is 17.9 Å². The van der Waals surface area contributed by atoms with E-state index >= 15 is 0 Å². The molecule has 11 amide bonds. The quantitative estimate of drug-likeness (QED) is 0.0333. The van der Waals surface area contributed by atoms with Crippen LogP contribution < -0.4 is 87.2 Å². The van der Waals surface area contributed by atoms with Crippen molar-refractivity contribution in [2.75, 3.05) is 39.3 Å². The number of benzene rings is 1. The fourth-order valence-electron chi connectivity index (χ4n) is 9.12. The maximum atomic E-state index is 14.5. The lowest BCUT2D eigenvalue weighted by Gasteiger charge is -2.29. The minimum Gasteiger partial charge on any atom is -0.391 e. The van der Waals surface area contributed by atoms with E-state index in [9.17, 15) is 63.0 Å². The largest absolute Gasteiger partial charge is 0.391 e. The van der Waals surface area contributed by atoms with E-state index in [4.69, 9.17) is 28.7 Å². The normalized spacial score (nSPS) is 22.9. The van der Waals surface area contributed by atoms with E-state index in [1.807, 2.05) is 0 Å². The first kappa shape index (κ1) is 74.2. The monoisotopic (exact) mass is 1200 g/mol. The predicted molar refractivity (Wildman–Crippen MR) is 316 cm³/mol. The summed E-state index contributed by atoms with van der Waals surface area (Å²) in [7, 11) is 0. The van der Waals surface area contributed by atoms with Gasteiger partial charge in [0.15, 0.2) is 0 Å². The van der Waals surface area contributed by atoms with Crippen LogP contribution in [0.25, 0.3) is 0 Å². The van der Waals surface area contributed by atoms with E-state index in [-0.39, 0.29) is 90.0 Å². The van der Waals surface area contributed by atoms with Gasteiger partial charge in [-0.1, -0.05) is 77.3 Å². The summed E-state index contributed by atoms with van der Waals surface area (Å²) in [6.07, 6.45) is -1.05. The van der Waals surface area contributed by atoms with Crippen molar-refractivity contribution in [3.05, 3.63) is 35.9 Å². The zero-order valence-electron chi connectivity index (χ0n) is 50.2. The number of amides is 11. The topological polar surface area (TPSA) is 491 Å². The predicted octanol–water partition coefficient (Wildman–Crippen LogP) is -5.24. The van der Waals surface area contributed by atoms with Gasteiger partial charge in [-0.2, -0.15) is 0 Å². The third-order valence-electron chi connectivity index (χ3n) is 14.3. The summed E-state index contributed by atoms with van der Waals surface area (Å²) in [5, 5.41) is 49.7. The summed E-state index contributed by atoms with van der Waals surface area (Å²) in [6.45, 7) is 9.00. The van der Waals surface area contributed by atoms with Crippen molar-refractivity contribution in [3.8, 4) is 0 Å². The van der Waals surface area contributed by atoms with Crippen LogP contribution in [0.5, 0.6) is 0 Å². The number of aliphatic hydroxyl groups is 2. The maximum Gasteiger partial charge on any atom is 0.245 e. The third-order valence-corrected chi connectivity index (χ3v) is 14.3. The highest BCUT2D eigenvalue weighted by atomic mass is 16.3. The Hall–Kier alpha value is -6.89. The molecule has 0 saturated carbocycles. The summed E-state index contributed by atoms with van der Waals surface area (Å²) >= 11 is 0. The molecule has 0 aromatic heterocycles. The Balaban J connectivity index is 2.67. The molecule has 1 aromatic carbocycles. The molecule has 29 heteroatoms. The van der Waals surface area contributed by atoms with Crippen LogP contribution in [-0.4, -0.2) is 187 Å². The second-order valence-corrected chi connectivity index (χ2v) is 22.0. The van der Waals surface area contributed by atoms with Gasteiger partial charge in [0, 0.05) is 19.4 Å². The lowest BCUT2D eigenvalue weighted by molar-refractivity contribution is -0.137. The highest BCUT2D eigenvalue weighted by Gasteiger charge is 2.37. The van der Waals surface area contributed by atoms with E-state index < -0.39 is 151 Å². The van der Waals surface area contributed by atoms with Gasteiger partial charge in [0.2, 0.25) is 65.0 Å². The van der Waals surface area contributed by atoms with Crippen molar-refractivity contribution < 1.29 is 63.0 Å². The average Bonchev–Trinajstić information content (AvgIpc) is 3.67. The molecule has 1 saturated heterocycles. The van der Waals surface area contributed by atoms with Gasteiger partial charge in [0.05, 0.1) is 12.2 Å². The zero-order valence-corrected chi connectivity index (χ0v) is 50.2. The van der Waals surface area contributed by atoms with Gasteiger partial charge in [0.25, 0.3) is 0 Å². The number of nitrogens with two attached hydrogens (primary N) is 5. The second-order valence-electron chi connectivity index (χ2n) is 22.0. The molecule has 0 aliphatic carbocycles. The number of hydrogen-bond acceptors (Lipinski definition) is 18. The first-order valence-corrected chi connectivity index (χ1v) is 29.5. The molecule has 480 valence electrons. The Labute approximate surface area is 498 Å². The van der Waals surface area contributed by atoms with E-state index in [1.54, 1.807) is 44.2 Å². The molecule has 1 heterocycles. The zero-order chi connectivity index (χ0) is 63.8. The van der Waals surface area contributed by atoms with Crippen LogP contribution >= 0.6 is 0 Å². The van der Waals surface area contributed by atoms with E-state index in [0.717, 1.165) is 19.3 Å². The molecule has 23 N–H and O–H groups in total. The number of carbonyl (C=O) groups excluding carboxylic acids is 11. The Morgan fingerprint density at radius 3 is 1.56 bits per heavy atom. The summed E-state index contributed by atoms with van der Waals surface area (Å²) in [5.74, 6) is -9.45. The maximum absolute atomic E-state index is 14.5. The van der Waals surface area contributed by atoms with Crippen LogP contribution in [0.2, 0.25) is 0 Å². The minimum absolute atomic E-state index is 0.0173. The molecule has 85 heavy (non-hydrogen) atoms. The summed E-state index contributed by atoms with van der Waals surface area (Å²) in [4.78, 5) is 154. The molecular formula is C56H98N16O13. The summed E-state index contributed by atoms with van der Waals surface area (Å²) in [5.41, 5.74) is 29.9. The summed E-state index contributed by atoms with van der Waals surface area (Å²) < 4.78 is 0. The highest BCUT2D eigenvalue weighted by molar-refractivity contribution is 5.99. The van der Waals surface area contributed by atoms with Crippen molar-refractivity contribution >= 4 is 65.0 Å². The van der Waals surface area contributed by atoms with Crippen LogP contribution in [0.3, 0.4) is 0 Å². The SMILES string of the molecule is CCC(C)CCCCC(=O)N[C@@H](CCN)C(=O)N[C@H](C(=O)N[C@@H](CCN)C(=O)NC1CCNC(=O)C([C@@H](C)O)NC(=O)[C@H](CCN)NC(=O)[C@H](CCN)NC(=O)[C@H](CC(C)C)NC(=O)[C@@H](Cc2ccccc2)NC(=O)C(CCN)NC1=O)[C@@H](C)O. The molecule has 2 rings (SSSR count). The molecule has 1 aliphatic rings. The van der Waals surface area contributed by atoms with Crippen molar-refractivity contribution in [1.82, 2.24) is 58.5 Å². The Morgan fingerprint density at radius 2 is 1.06 bits per heavy atom. The van der Waals surface area contributed by atoms with Crippen molar-refractivity contribution in [2.24, 2.45) is 40.5 Å². The molecule has 0 bridgehead atoms. The van der Waals surface area contributed by atoms with Gasteiger partial charge in [-0.3, -0.25) is 52.7 Å². The fraction of sp³-hybridized carbons (Fsp3) is 0.696. The number of hydrogen-bond donors (Lipinski definition) is 18. The third kappa shape index (κ3) is 26.9. The Morgan fingerprint density at radius 1 is 0.565 bits per heavy atom.